The summed E-state index contributed by atoms with van der Waals surface area (Å²) in [5.41, 5.74) is 2.59. The molecule has 0 amide bonds. The van der Waals surface area contributed by atoms with Gasteiger partial charge in [0, 0.05) is 6.07 Å². The Balaban J connectivity index is 1.74. The van der Waals surface area contributed by atoms with Crippen molar-refractivity contribution in [3.63, 3.8) is 0 Å². The van der Waals surface area contributed by atoms with Gasteiger partial charge < -0.3 is 14.8 Å². The van der Waals surface area contributed by atoms with E-state index in [0.717, 1.165) is 28.2 Å². The lowest BCUT2D eigenvalue weighted by Gasteiger charge is -2.07. The quantitative estimate of drug-likeness (QED) is 0.606. The van der Waals surface area contributed by atoms with Crippen LogP contribution >= 0.6 is 0 Å². The Morgan fingerprint density at radius 1 is 1.04 bits per heavy atom. The van der Waals surface area contributed by atoms with E-state index in [4.69, 9.17) is 9.47 Å². The van der Waals surface area contributed by atoms with Gasteiger partial charge in [-0.3, -0.25) is 5.10 Å². The van der Waals surface area contributed by atoms with Crippen LogP contribution in [0.1, 0.15) is 0 Å². The van der Waals surface area contributed by atoms with Gasteiger partial charge in [-0.2, -0.15) is 4.98 Å². The number of anilines is 2. The lowest BCUT2D eigenvalue weighted by molar-refractivity contribution is 0.415. The first kappa shape index (κ1) is 13.4. The van der Waals surface area contributed by atoms with E-state index in [1.165, 1.54) is 0 Å². The zero-order valence-electron chi connectivity index (χ0n) is 12.7. The predicted molar refractivity (Wildman–Crippen MR) is 87.7 cm³/mol. The van der Waals surface area contributed by atoms with E-state index in [9.17, 15) is 0 Å². The summed E-state index contributed by atoms with van der Waals surface area (Å²) in [4.78, 5) is 8.96. The highest BCUT2D eigenvalue weighted by Gasteiger charge is 2.11. The number of H-pyrrole nitrogens is 1. The fourth-order valence-corrected chi connectivity index (χ4v) is 2.52. The Hall–Kier alpha value is -3.22. The van der Waals surface area contributed by atoms with Crippen LogP contribution in [0.5, 0.6) is 11.5 Å². The van der Waals surface area contributed by atoms with Crippen LogP contribution in [0.2, 0.25) is 0 Å². The Morgan fingerprint density at radius 3 is 2.74 bits per heavy atom. The SMILES string of the molecule is COc1ccc2c(c1)nc1nc(Nc3ccccc3OC)[nH]n12. The number of hydrogen-bond acceptors (Lipinski definition) is 5. The molecule has 7 heteroatoms. The molecule has 0 fully saturated rings. The van der Waals surface area contributed by atoms with Crippen LogP contribution in [0.25, 0.3) is 16.8 Å². The number of nitrogens with zero attached hydrogens (tertiary/aromatic N) is 3. The Morgan fingerprint density at radius 2 is 1.91 bits per heavy atom. The molecule has 2 N–H and O–H groups in total. The van der Waals surface area contributed by atoms with Gasteiger partial charge in [0.05, 0.1) is 30.9 Å². The van der Waals surface area contributed by atoms with Crippen LogP contribution in [0.4, 0.5) is 11.6 Å². The molecule has 23 heavy (non-hydrogen) atoms. The van der Waals surface area contributed by atoms with Crippen molar-refractivity contribution in [3.8, 4) is 11.5 Å². The maximum atomic E-state index is 5.33. The summed E-state index contributed by atoms with van der Waals surface area (Å²) in [6.07, 6.45) is 0. The van der Waals surface area contributed by atoms with Crippen LogP contribution in [-0.2, 0) is 0 Å². The van der Waals surface area contributed by atoms with Crippen molar-refractivity contribution in [1.82, 2.24) is 19.6 Å². The number of hydrogen-bond donors (Lipinski definition) is 2. The molecule has 0 spiro atoms. The van der Waals surface area contributed by atoms with Crippen LogP contribution < -0.4 is 14.8 Å². The molecular formula is C16H15N5O2. The molecule has 0 radical (unpaired) electrons. The molecule has 0 aliphatic rings. The molecule has 116 valence electrons. The molecule has 4 aromatic rings. The number of benzene rings is 2. The third-order valence-corrected chi connectivity index (χ3v) is 3.63. The second-order valence-electron chi connectivity index (χ2n) is 5.00. The van der Waals surface area contributed by atoms with E-state index in [1.54, 1.807) is 14.2 Å². The van der Waals surface area contributed by atoms with Gasteiger partial charge in [0.25, 0.3) is 5.78 Å². The van der Waals surface area contributed by atoms with Gasteiger partial charge >= 0.3 is 0 Å². The fourth-order valence-electron chi connectivity index (χ4n) is 2.52. The monoisotopic (exact) mass is 309 g/mol. The maximum Gasteiger partial charge on any atom is 0.253 e. The minimum absolute atomic E-state index is 0.589. The first-order valence-electron chi connectivity index (χ1n) is 7.11. The standard InChI is InChI=1S/C16H15N5O2/c1-22-10-7-8-13-12(9-10)18-16-19-15(20-21(13)16)17-11-5-3-4-6-14(11)23-2/h3-9H,1-2H3,(H2,17,18,19,20). The first-order chi connectivity index (χ1) is 11.3. The zero-order chi connectivity index (χ0) is 15.8. The van der Waals surface area contributed by atoms with E-state index in [1.807, 2.05) is 47.0 Å². The average Bonchev–Trinajstić information content (AvgIpc) is 3.11. The number of rotatable bonds is 4. The van der Waals surface area contributed by atoms with E-state index >= 15 is 0 Å². The van der Waals surface area contributed by atoms with Crippen molar-refractivity contribution in [2.75, 3.05) is 19.5 Å². The number of aromatic amines is 1. The van der Waals surface area contributed by atoms with Gasteiger partial charge in [0.1, 0.15) is 11.5 Å². The Labute approximate surface area is 131 Å². The van der Waals surface area contributed by atoms with Gasteiger partial charge in [-0.1, -0.05) is 12.1 Å². The molecule has 0 unspecified atom stereocenters. The summed E-state index contributed by atoms with van der Waals surface area (Å²) >= 11 is 0. The number of fused-ring (bicyclic) bond motifs is 3. The van der Waals surface area contributed by atoms with Gasteiger partial charge in [-0.15, -0.1) is 0 Å². The van der Waals surface area contributed by atoms with E-state index in [0.29, 0.717) is 11.7 Å². The van der Waals surface area contributed by atoms with Crippen LogP contribution in [0, 0.1) is 0 Å². The highest BCUT2D eigenvalue weighted by Crippen LogP contribution is 2.27. The van der Waals surface area contributed by atoms with Gasteiger partial charge in [-0.05, 0) is 24.3 Å². The molecule has 0 aliphatic heterocycles. The number of aromatic nitrogens is 4. The molecule has 2 heterocycles. The van der Waals surface area contributed by atoms with Crippen LogP contribution in [-0.4, -0.2) is 33.8 Å². The molecule has 7 nitrogen and oxygen atoms in total. The van der Waals surface area contributed by atoms with Crippen LogP contribution in [0.15, 0.2) is 42.5 Å². The molecule has 2 aromatic carbocycles. The van der Waals surface area contributed by atoms with Crippen molar-refractivity contribution in [2.45, 2.75) is 0 Å². The van der Waals surface area contributed by atoms with E-state index < -0.39 is 0 Å². The molecule has 0 atom stereocenters. The van der Waals surface area contributed by atoms with Gasteiger partial charge in [0.15, 0.2) is 0 Å². The summed E-state index contributed by atoms with van der Waals surface area (Å²) in [6, 6.07) is 13.4. The summed E-state index contributed by atoms with van der Waals surface area (Å²) in [5.74, 6) is 2.70. The summed E-state index contributed by atoms with van der Waals surface area (Å²) < 4.78 is 12.4. The average molecular weight is 309 g/mol. The third-order valence-electron chi connectivity index (χ3n) is 3.63. The summed E-state index contributed by atoms with van der Waals surface area (Å²) in [7, 11) is 3.27. The summed E-state index contributed by atoms with van der Waals surface area (Å²) in [5, 5.41) is 6.40. The fraction of sp³-hybridized carbons (Fsp3) is 0.125. The lowest BCUT2D eigenvalue weighted by Crippen LogP contribution is -1.96. The maximum absolute atomic E-state index is 5.33. The van der Waals surface area contributed by atoms with E-state index in [2.05, 4.69) is 20.4 Å². The smallest absolute Gasteiger partial charge is 0.253 e. The molecule has 0 bridgehead atoms. The van der Waals surface area contributed by atoms with E-state index in [-0.39, 0.29) is 0 Å². The van der Waals surface area contributed by atoms with Crippen molar-refractivity contribution in [2.24, 2.45) is 0 Å². The molecular weight excluding hydrogens is 294 g/mol. The van der Waals surface area contributed by atoms with Crippen LogP contribution in [0.3, 0.4) is 0 Å². The number of imidazole rings is 1. The molecule has 4 rings (SSSR count). The van der Waals surface area contributed by atoms with Gasteiger partial charge in [0.2, 0.25) is 5.95 Å². The first-order valence-corrected chi connectivity index (χ1v) is 7.11. The van der Waals surface area contributed by atoms with Crippen molar-refractivity contribution in [3.05, 3.63) is 42.5 Å². The zero-order valence-corrected chi connectivity index (χ0v) is 12.7. The van der Waals surface area contributed by atoms with Gasteiger partial charge in [-0.25, -0.2) is 9.50 Å². The van der Waals surface area contributed by atoms with Crippen molar-refractivity contribution >= 4 is 28.4 Å². The minimum atomic E-state index is 0.589. The second kappa shape index (κ2) is 5.20. The highest BCUT2D eigenvalue weighted by atomic mass is 16.5. The normalized spacial score (nSPS) is 11.0. The number of para-hydroxylation sites is 2. The Bertz CT molecular complexity index is 989. The predicted octanol–water partition coefficient (Wildman–Crippen LogP) is 2.97. The van der Waals surface area contributed by atoms with Crippen molar-refractivity contribution < 1.29 is 9.47 Å². The topological polar surface area (TPSA) is 76.5 Å². The largest absolute Gasteiger partial charge is 0.497 e. The second-order valence-corrected chi connectivity index (χ2v) is 5.00. The molecule has 0 aliphatic carbocycles. The number of nitrogens with one attached hydrogen (secondary N) is 2. The molecule has 0 saturated carbocycles. The minimum Gasteiger partial charge on any atom is -0.497 e. The molecule has 2 aromatic heterocycles. The highest BCUT2D eigenvalue weighted by molar-refractivity contribution is 5.81. The van der Waals surface area contributed by atoms with Crippen molar-refractivity contribution in [1.29, 1.82) is 0 Å². The number of methoxy groups -OCH3 is 2. The Kier molecular flexibility index (Phi) is 3.04. The summed E-state index contributed by atoms with van der Waals surface area (Å²) in [6.45, 7) is 0. The lowest BCUT2D eigenvalue weighted by atomic mass is 10.3. The number of ether oxygens (including phenoxy) is 2. The third kappa shape index (κ3) is 2.22. The molecule has 0 saturated heterocycles.